The Kier molecular flexibility index (Phi) is 3.84. The lowest BCUT2D eigenvalue weighted by molar-refractivity contribution is -0.127. The first-order valence-corrected chi connectivity index (χ1v) is 8.18. The Hall–Kier alpha value is -0.570. The molecule has 3 saturated carbocycles. The fraction of sp³-hybridized carbons (Fsp3) is 0.938. The van der Waals surface area contributed by atoms with Gasteiger partial charge >= 0.3 is 0 Å². The highest BCUT2D eigenvalue weighted by Crippen LogP contribution is 2.47. The van der Waals surface area contributed by atoms with Crippen molar-refractivity contribution in [1.29, 1.82) is 0 Å². The van der Waals surface area contributed by atoms with Crippen LogP contribution in [0.5, 0.6) is 0 Å². The molecule has 108 valence electrons. The van der Waals surface area contributed by atoms with Crippen molar-refractivity contribution in [2.75, 3.05) is 6.54 Å². The Morgan fingerprint density at radius 2 is 2.05 bits per heavy atom. The number of rotatable bonds is 3. The molecule has 19 heavy (non-hydrogen) atoms. The molecule has 0 aromatic heterocycles. The van der Waals surface area contributed by atoms with Gasteiger partial charge in [-0.25, -0.2) is 0 Å². The highest BCUT2D eigenvalue weighted by Gasteiger charge is 2.40. The number of fused-ring (bicyclic) bond motifs is 2. The summed E-state index contributed by atoms with van der Waals surface area (Å²) in [7, 11) is 0. The molecule has 0 aromatic rings. The minimum Gasteiger partial charge on any atom is -0.356 e. The molecule has 0 aromatic carbocycles. The Bertz CT molecular complexity index is 344. The molecule has 0 aliphatic heterocycles. The summed E-state index contributed by atoms with van der Waals surface area (Å²) in [5.41, 5.74) is 6.21. The van der Waals surface area contributed by atoms with Gasteiger partial charge < -0.3 is 11.1 Å². The van der Waals surface area contributed by atoms with Gasteiger partial charge in [0.05, 0.1) is 5.92 Å². The van der Waals surface area contributed by atoms with Gasteiger partial charge in [-0.3, -0.25) is 4.79 Å². The van der Waals surface area contributed by atoms with E-state index in [9.17, 15) is 4.79 Å². The summed E-state index contributed by atoms with van der Waals surface area (Å²) < 4.78 is 0. The van der Waals surface area contributed by atoms with E-state index in [4.69, 9.17) is 5.73 Å². The number of hydrogen-bond donors (Lipinski definition) is 2. The van der Waals surface area contributed by atoms with Crippen LogP contribution in [0.4, 0.5) is 0 Å². The molecule has 3 N–H and O–H groups in total. The Balaban J connectivity index is 1.48. The van der Waals surface area contributed by atoms with Gasteiger partial charge in [-0.2, -0.15) is 0 Å². The lowest BCUT2D eigenvalue weighted by Gasteiger charge is -2.33. The largest absolute Gasteiger partial charge is 0.356 e. The van der Waals surface area contributed by atoms with Crippen LogP contribution in [0.15, 0.2) is 0 Å². The second-order valence-electron chi connectivity index (χ2n) is 7.27. The van der Waals surface area contributed by atoms with E-state index in [-0.39, 0.29) is 17.9 Å². The lowest BCUT2D eigenvalue weighted by Crippen LogP contribution is -2.48. The molecule has 3 heteroatoms. The zero-order valence-corrected chi connectivity index (χ0v) is 12.1. The maximum atomic E-state index is 12.3. The molecule has 0 spiro atoms. The monoisotopic (exact) mass is 264 g/mol. The standard InChI is InChI=1S/C16H28N2O/c1-10-3-2-4-14(15(10)17)16(19)18-9-13-8-11-5-6-12(13)7-11/h10-15H,2-9,17H2,1H3,(H,18,19). The summed E-state index contributed by atoms with van der Waals surface area (Å²) in [5, 5.41) is 3.21. The van der Waals surface area contributed by atoms with E-state index < -0.39 is 0 Å². The smallest absolute Gasteiger partial charge is 0.224 e. The van der Waals surface area contributed by atoms with Crippen molar-refractivity contribution in [3.05, 3.63) is 0 Å². The average molecular weight is 264 g/mol. The van der Waals surface area contributed by atoms with Crippen LogP contribution in [0.2, 0.25) is 0 Å². The van der Waals surface area contributed by atoms with Crippen molar-refractivity contribution in [2.45, 2.75) is 57.9 Å². The van der Waals surface area contributed by atoms with Gasteiger partial charge in [0.2, 0.25) is 5.91 Å². The van der Waals surface area contributed by atoms with Gasteiger partial charge in [0.15, 0.2) is 0 Å². The van der Waals surface area contributed by atoms with E-state index in [1.54, 1.807) is 0 Å². The number of hydrogen-bond acceptors (Lipinski definition) is 2. The third kappa shape index (κ3) is 2.67. The Morgan fingerprint density at radius 3 is 2.74 bits per heavy atom. The quantitative estimate of drug-likeness (QED) is 0.822. The third-order valence-electron chi connectivity index (χ3n) is 6.06. The first kappa shape index (κ1) is 13.4. The van der Waals surface area contributed by atoms with Crippen LogP contribution < -0.4 is 11.1 Å². The van der Waals surface area contributed by atoms with Crippen molar-refractivity contribution in [1.82, 2.24) is 5.32 Å². The zero-order valence-electron chi connectivity index (χ0n) is 12.1. The molecule has 6 unspecified atom stereocenters. The van der Waals surface area contributed by atoms with E-state index in [2.05, 4.69) is 12.2 Å². The molecule has 0 saturated heterocycles. The van der Waals surface area contributed by atoms with Gasteiger partial charge in [0.1, 0.15) is 0 Å². The number of amides is 1. The summed E-state index contributed by atoms with van der Waals surface area (Å²) in [4.78, 5) is 12.3. The van der Waals surface area contributed by atoms with Crippen LogP contribution >= 0.6 is 0 Å². The maximum absolute atomic E-state index is 12.3. The van der Waals surface area contributed by atoms with Crippen molar-refractivity contribution >= 4 is 5.91 Å². The lowest BCUT2D eigenvalue weighted by atomic mass is 9.77. The number of nitrogens with one attached hydrogen (secondary N) is 1. The van der Waals surface area contributed by atoms with Gasteiger partial charge in [0.25, 0.3) is 0 Å². The molecule has 6 atom stereocenters. The summed E-state index contributed by atoms with van der Waals surface area (Å²) in [6.07, 6.45) is 8.90. The molecule has 3 aliphatic carbocycles. The third-order valence-corrected chi connectivity index (χ3v) is 6.06. The van der Waals surface area contributed by atoms with E-state index in [1.807, 2.05) is 0 Å². The van der Waals surface area contributed by atoms with Gasteiger partial charge in [-0.15, -0.1) is 0 Å². The second kappa shape index (κ2) is 5.43. The van der Waals surface area contributed by atoms with Gasteiger partial charge in [0, 0.05) is 12.6 Å². The van der Waals surface area contributed by atoms with E-state index >= 15 is 0 Å². The molecular weight excluding hydrogens is 236 g/mol. The van der Waals surface area contributed by atoms with Crippen molar-refractivity contribution in [2.24, 2.45) is 35.3 Å². The van der Waals surface area contributed by atoms with Crippen LogP contribution in [0.1, 0.15) is 51.9 Å². The fourth-order valence-corrected chi connectivity index (χ4v) is 4.74. The molecule has 3 nitrogen and oxygen atoms in total. The zero-order chi connectivity index (χ0) is 13.4. The van der Waals surface area contributed by atoms with Crippen molar-refractivity contribution in [3.8, 4) is 0 Å². The highest BCUT2D eigenvalue weighted by molar-refractivity contribution is 5.79. The summed E-state index contributed by atoms with van der Waals surface area (Å²) in [6, 6.07) is 0.0637. The Labute approximate surface area is 116 Å². The summed E-state index contributed by atoms with van der Waals surface area (Å²) in [6.45, 7) is 3.08. The predicted octanol–water partition coefficient (Wildman–Crippen LogP) is 2.30. The first-order valence-electron chi connectivity index (χ1n) is 8.18. The minimum absolute atomic E-state index is 0.0577. The Morgan fingerprint density at radius 1 is 1.21 bits per heavy atom. The second-order valence-corrected chi connectivity index (χ2v) is 7.27. The average Bonchev–Trinajstić information content (AvgIpc) is 3.01. The highest BCUT2D eigenvalue weighted by atomic mass is 16.1. The summed E-state index contributed by atoms with van der Waals surface area (Å²) >= 11 is 0. The maximum Gasteiger partial charge on any atom is 0.224 e. The van der Waals surface area contributed by atoms with Crippen LogP contribution in [0.25, 0.3) is 0 Å². The van der Waals surface area contributed by atoms with Gasteiger partial charge in [-0.1, -0.05) is 19.8 Å². The molecule has 3 rings (SSSR count). The predicted molar refractivity (Wildman–Crippen MR) is 76.4 cm³/mol. The van der Waals surface area contributed by atoms with E-state index in [1.165, 1.54) is 32.1 Å². The summed E-state index contributed by atoms with van der Waals surface area (Å²) in [5.74, 6) is 3.38. The van der Waals surface area contributed by atoms with E-state index in [0.717, 1.165) is 37.1 Å². The van der Waals surface area contributed by atoms with Crippen molar-refractivity contribution in [3.63, 3.8) is 0 Å². The molecule has 3 aliphatic rings. The molecule has 0 heterocycles. The molecule has 0 radical (unpaired) electrons. The molecular formula is C16H28N2O. The van der Waals surface area contributed by atoms with Crippen molar-refractivity contribution < 1.29 is 4.79 Å². The molecule has 1 amide bonds. The van der Waals surface area contributed by atoms with Crippen LogP contribution in [-0.4, -0.2) is 18.5 Å². The minimum atomic E-state index is 0.0577. The van der Waals surface area contributed by atoms with E-state index in [0.29, 0.717) is 5.92 Å². The SMILES string of the molecule is CC1CCCC(C(=O)NCC2CC3CCC2C3)C1N. The van der Waals surface area contributed by atoms with Gasteiger partial charge in [-0.05, 0) is 55.8 Å². The number of carbonyl (C=O) groups excluding carboxylic acids is 1. The van der Waals surface area contributed by atoms with Crippen LogP contribution in [0, 0.1) is 29.6 Å². The van der Waals surface area contributed by atoms with Crippen LogP contribution in [0.3, 0.4) is 0 Å². The number of nitrogens with two attached hydrogens (primary N) is 1. The normalized spacial score (nSPS) is 45.4. The molecule has 3 fully saturated rings. The molecule has 2 bridgehead atoms. The number of carbonyl (C=O) groups is 1. The topological polar surface area (TPSA) is 55.1 Å². The first-order chi connectivity index (χ1) is 9.15. The van der Waals surface area contributed by atoms with Crippen LogP contribution in [-0.2, 0) is 4.79 Å². The fourth-order valence-electron chi connectivity index (χ4n) is 4.74.